The van der Waals surface area contributed by atoms with Gasteiger partial charge < -0.3 is 0 Å². The molecule has 0 saturated heterocycles. The van der Waals surface area contributed by atoms with Crippen LogP contribution in [0.25, 0.3) is 0 Å². The van der Waals surface area contributed by atoms with Gasteiger partial charge in [0.05, 0.1) is 4.92 Å². The van der Waals surface area contributed by atoms with Gasteiger partial charge >= 0.3 is 0 Å². The van der Waals surface area contributed by atoms with Crippen molar-refractivity contribution in [2.24, 2.45) is 0 Å². The van der Waals surface area contributed by atoms with Crippen LogP contribution < -0.4 is 0 Å². The van der Waals surface area contributed by atoms with Crippen molar-refractivity contribution in [1.82, 2.24) is 0 Å². The highest BCUT2D eigenvalue weighted by atomic mass is 16.6. The highest BCUT2D eigenvalue weighted by Gasteiger charge is 2.20. The van der Waals surface area contributed by atoms with Crippen molar-refractivity contribution in [1.29, 1.82) is 0 Å². The van der Waals surface area contributed by atoms with Gasteiger partial charge in [0, 0.05) is 12.1 Å². The van der Waals surface area contributed by atoms with Crippen LogP contribution in [0.1, 0.15) is 43.0 Å². The van der Waals surface area contributed by atoms with Crippen LogP contribution >= 0.6 is 0 Å². The average Bonchev–Trinajstić information content (AvgIpc) is 2.40. The molecule has 0 aliphatic carbocycles. The summed E-state index contributed by atoms with van der Waals surface area (Å²) in [5.74, 6) is 0. The molecule has 0 aromatic heterocycles. The zero-order valence-electron chi connectivity index (χ0n) is 13.0. The molecule has 0 heterocycles. The van der Waals surface area contributed by atoms with Gasteiger partial charge in [-0.05, 0) is 35.4 Å². The predicted octanol–water partition coefficient (Wildman–Crippen LogP) is 4.79. The predicted molar refractivity (Wildman–Crippen MR) is 85.8 cm³/mol. The molecule has 0 spiro atoms. The van der Waals surface area contributed by atoms with Crippen molar-refractivity contribution in [3.8, 4) is 0 Å². The first-order valence-corrected chi connectivity index (χ1v) is 7.11. The molecule has 2 aromatic carbocycles. The summed E-state index contributed by atoms with van der Waals surface area (Å²) in [6.07, 6.45) is 0.717. The normalized spacial score (nSPS) is 11.4. The standard InChI is InChI=1S/C18H21NO2/c1-13-5-7-14(8-6-13)11-15-12-16(19(20)21)9-10-17(15)18(2,3)4/h5-10,12H,11H2,1-4H3. The minimum atomic E-state index is -0.328. The van der Waals surface area contributed by atoms with Crippen LogP contribution in [0.15, 0.2) is 42.5 Å². The van der Waals surface area contributed by atoms with Crippen molar-refractivity contribution < 1.29 is 4.92 Å². The van der Waals surface area contributed by atoms with E-state index in [9.17, 15) is 10.1 Å². The summed E-state index contributed by atoms with van der Waals surface area (Å²) in [6, 6.07) is 13.5. The fourth-order valence-electron chi connectivity index (χ4n) is 2.50. The molecule has 0 aliphatic heterocycles. The highest BCUT2D eigenvalue weighted by Crippen LogP contribution is 2.30. The van der Waals surface area contributed by atoms with Crippen molar-refractivity contribution >= 4 is 5.69 Å². The van der Waals surface area contributed by atoms with Crippen molar-refractivity contribution in [3.63, 3.8) is 0 Å². The lowest BCUT2D eigenvalue weighted by Gasteiger charge is -2.23. The molecule has 21 heavy (non-hydrogen) atoms. The molecule has 3 nitrogen and oxygen atoms in total. The van der Waals surface area contributed by atoms with Gasteiger partial charge in [0.1, 0.15) is 0 Å². The Bertz CT molecular complexity index is 652. The summed E-state index contributed by atoms with van der Waals surface area (Å²) >= 11 is 0. The van der Waals surface area contributed by atoms with Crippen LogP contribution in [0.3, 0.4) is 0 Å². The van der Waals surface area contributed by atoms with Crippen molar-refractivity contribution in [2.45, 2.75) is 39.5 Å². The van der Waals surface area contributed by atoms with Crippen LogP contribution in [0.5, 0.6) is 0 Å². The van der Waals surface area contributed by atoms with Crippen LogP contribution in [-0.4, -0.2) is 4.92 Å². The minimum absolute atomic E-state index is 0.0326. The lowest BCUT2D eigenvalue weighted by atomic mass is 9.82. The summed E-state index contributed by atoms with van der Waals surface area (Å²) < 4.78 is 0. The molecule has 2 aromatic rings. The Morgan fingerprint density at radius 1 is 1.05 bits per heavy atom. The number of rotatable bonds is 3. The quantitative estimate of drug-likeness (QED) is 0.600. The van der Waals surface area contributed by atoms with Gasteiger partial charge in [-0.15, -0.1) is 0 Å². The van der Waals surface area contributed by atoms with E-state index < -0.39 is 0 Å². The van der Waals surface area contributed by atoms with Crippen molar-refractivity contribution in [2.75, 3.05) is 0 Å². The molecule has 110 valence electrons. The monoisotopic (exact) mass is 283 g/mol. The molecular weight excluding hydrogens is 262 g/mol. The maximum absolute atomic E-state index is 11.0. The van der Waals surface area contributed by atoms with E-state index in [1.807, 2.05) is 6.07 Å². The van der Waals surface area contributed by atoms with Crippen molar-refractivity contribution in [3.05, 3.63) is 74.8 Å². The van der Waals surface area contributed by atoms with E-state index in [4.69, 9.17) is 0 Å². The first-order chi connectivity index (χ1) is 9.77. The van der Waals surface area contributed by atoms with E-state index in [-0.39, 0.29) is 16.0 Å². The second kappa shape index (κ2) is 5.68. The van der Waals surface area contributed by atoms with Gasteiger partial charge in [-0.2, -0.15) is 0 Å². The minimum Gasteiger partial charge on any atom is -0.258 e. The molecule has 0 unspecified atom stereocenters. The zero-order chi connectivity index (χ0) is 15.6. The second-order valence-corrected chi connectivity index (χ2v) is 6.51. The largest absolute Gasteiger partial charge is 0.269 e. The Labute approximate surface area is 125 Å². The zero-order valence-corrected chi connectivity index (χ0v) is 13.0. The number of nitro groups is 1. The number of nitrogens with zero attached hydrogens (tertiary/aromatic N) is 1. The number of nitro benzene ring substituents is 1. The second-order valence-electron chi connectivity index (χ2n) is 6.51. The average molecular weight is 283 g/mol. The maximum atomic E-state index is 11.0. The molecule has 0 N–H and O–H groups in total. The first-order valence-electron chi connectivity index (χ1n) is 7.11. The number of aryl methyl sites for hydroxylation is 1. The van der Waals surface area contributed by atoms with E-state index in [0.29, 0.717) is 6.42 Å². The lowest BCUT2D eigenvalue weighted by molar-refractivity contribution is -0.384. The number of non-ortho nitro benzene ring substituents is 1. The van der Waals surface area contributed by atoms with Crippen LogP contribution in [0, 0.1) is 17.0 Å². The number of benzene rings is 2. The van der Waals surface area contributed by atoms with Crippen LogP contribution in [0.2, 0.25) is 0 Å². The van der Waals surface area contributed by atoms with Gasteiger partial charge in [-0.1, -0.05) is 56.7 Å². The van der Waals surface area contributed by atoms with Gasteiger partial charge in [0.2, 0.25) is 0 Å². The number of hydrogen-bond donors (Lipinski definition) is 0. The Hall–Kier alpha value is -2.16. The first kappa shape index (κ1) is 15.2. The Morgan fingerprint density at radius 2 is 1.67 bits per heavy atom. The fraction of sp³-hybridized carbons (Fsp3) is 0.333. The fourth-order valence-corrected chi connectivity index (χ4v) is 2.50. The molecule has 0 atom stereocenters. The molecule has 0 aliphatic rings. The van der Waals surface area contributed by atoms with E-state index in [1.54, 1.807) is 12.1 Å². The molecule has 0 saturated carbocycles. The molecule has 0 fully saturated rings. The Morgan fingerprint density at radius 3 is 2.19 bits per heavy atom. The molecule has 0 bridgehead atoms. The molecule has 3 heteroatoms. The third kappa shape index (κ3) is 3.69. The summed E-state index contributed by atoms with van der Waals surface area (Å²) in [6.45, 7) is 8.45. The van der Waals surface area contributed by atoms with Crippen LogP contribution in [-0.2, 0) is 11.8 Å². The summed E-state index contributed by atoms with van der Waals surface area (Å²) in [5, 5.41) is 11.0. The highest BCUT2D eigenvalue weighted by molar-refractivity contribution is 5.45. The molecule has 0 amide bonds. The van der Waals surface area contributed by atoms with E-state index in [1.165, 1.54) is 11.1 Å². The summed E-state index contributed by atoms with van der Waals surface area (Å²) in [5.41, 5.74) is 4.70. The lowest BCUT2D eigenvalue weighted by Crippen LogP contribution is -2.14. The van der Waals surface area contributed by atoms with Gasteiger partial charge in [0.15, 0.2) is 0 Å². The van der Waals surface area contributed by atoms with E-state index in [0.717, 1.165) is 11.1 Å². The summed E-state index contributed by atoms with van der Waals surface area (Å²) in [7, 11) is 0. The summed E-state index contributed by atoms with van der Waals surface area (Å²) in [4.78, 5) is 10.7. The maximum Gasteiger partial charge on any atom is 0.269 e. The smallest absolute Gasteiger partial charge is 0.258 e. The van der Waals surface area contributed by atoms with E-state index in [2.05, 4.69) is 52.0 Å². The van der Waals surface area contributed by atoms with E-state index >= 15 is 0 Å². The third-order valence-electron chi connectivity index (χ3n) is 3.62. The number of hydrogen-bond acceptors (Lipinski definition) is 2. The van der Waals surface area contributed by atoms with Crippen LogP contribution in [0.4, 0.5) is 5.69 Å². The van der Waals surface area contributed by atoms with Gasteiger partial charge in [-0.3, -0.25) is 10.1 Å². The Kier molecular flexibility index (Phi) is 4.12. The SMILES string of the molecule is Cc1ccc(Cc2cc([N+](=O)[O-])ccc2C(C)(C)C)cc1. The topological polar surface area (TPSA) is 43.1 Å². The van der Waals surface area contributed by atoms with Gasteiger partial charge in [-0.25, -0.2) is 0 Å². The molecule has 0 radical (unpaired) electrons. The Balaban J connectivity index is 2.45. The molecular formula is C18H21NO2. The van der Waals surface area contributed by atoms with Gasteiger partial charge in [0.25, 0.3) is 5.69 Å². The molecule has 2 rings (SSSR count). The third-order valence-corrected chi connectivity index (χ3v) is 3.62.